The molecule has 9 nitrogen and oxygen atoms in total. The fourth-order valence-corrected chi connectivity index (χ4v) is 1.82. The van der Waals surface area contributed by atoms with Crippen LogP contribution in [0.15, 0.2) is 24.3 Å². The summed E-state index contributed by atoms with van der Waals surface area (Å²) < 4.78 is 0. The number of nitro groups is 1. The number of rotatable bonds is 6. The molecule has 0 aromatic heterocycles. The monoisotopic (exact) mass is 296 g/mol. The Hall–Kier alpha value is -2.97. The van der Waals surface area contributed by atoms with Gasteiger partial charge in [0.1, 0.15) is 0 Å². The summed E-state index contributed by atoms with van der Waals surface area (Å²) in [4.78, 5) is 43.9. The third kappa shape index (κ3) is 3.32. The van der Waals surface area contributed by atoms with Crippen LogP contribution in [0.4, 0.5) is 5.69 Å². The lowest BCUT2D eigenvalue weighted by Gasteiger charge is -2.25. The van der Waals surface area contributed by atoms with Crippen molar-refractivity contribution in [1.29, 1.82) is 0 Å². The minimum absolute atomic E-state index is 0.110. The lowest BCUT2D eigenvalue weighted by molar-refractivity contribution is -0.385. The quantitative estimate of drug-likeness (QED) is 0.385. The minimum Gasteiger partial charge on any atom is -0.479 e. The van der Waals surface area contributed by atoms with Crippen molar-refractivity contribution in [3.05, 3.63) is 39.9 Å². The zero-order valence-electron chi connectivity index (χ0n) is 10.9. The van der Waals surface area contributed by atoms with Crippen molar-refractivity contribution in [3.8, 4) is 0 Å². The van der Waals surface area contributed by atoms with Crippen LogP contribution in [-0.2, 0) is 20.8 Å². The first-order valence-electron chi connectivity index (χ1n) is 5.68. The molecule has 21 heavy (non-hydrogen) atoms. The fraction of sp³-hybridized carbons (Fsp3) is 0.250. The molecule has 0 aliphatic rings. The highest BCUT2D eigenvalue weighted by Gasteiger charge is 2.48. The van der Waals surface area contributed by atoms with Gasteiger partial charge in [0.05, 0.1) is 4.92 Å². The molecule has 9 heteroatoms. The Bertz CT molecular complexity index is 597. The number of carboxylic acids is 2. The van der Waals surface area contributed by atoms with Crippen LogP contribution in [0, 0.1) is 10.1 Å². The van der Waals surface area contributed by atoms with Crippen LogP contribution in [0.1, 0.15) is 12.5 Å². The van der Waals surface area contributed by atoms with Crippen molar-refractivity contribution < 1.29 is 29.5 Å². The number of hydrogen-bond acceptors (Lipinski definition) is 5. The van der Waals surface area contributed by atoms with Crippen LogP contribution < -0.4 is 5.32 Å². The van der Waals surface area contributed by atoms with Gasteiger partial charge in [-0.05, 0) is 0 Å². The van der Waals surface area contributed by atoms with Crippen LogP contribution in [0.5, 0.6) is 0 Å². The molecule has 0 aliphatic carbocycles. The van der Waals surface area contributed by atoms with E-state index in [9.17, 15) is 24.5 Å². The van der Waals surface area contributed by atoms with Gasteiger partial charge in [0.25, 0.3) is 5.69 Å². The van der Waals surface area contributed by atoms with Crippen molar-refractivity contribution >= 4 is 23.5 Å². The molecule has 0 bridgehead atoms. The lowest BCUT2D eigenvalue weighted by Crippen LogP contribution is -2.61. The molecule has 0 unspecified atom stereocenters. The van der Waals surface area contributed by atoms with E-state index in [4.69, 9.17) is 10.2 Å². The Morgan fingerprint density at radius 1 is 1.24 bits per heavy atom. The fourth-order valence-electron chi connectivity index (χ4n) is 1.82. The van der Waals surface area contributed by atoms with Crippen LogP contribution in [0.25, 0.3) is 0 Å². The van der Waals surface area contributed by atoms with Gasteiger partial charge < -0.3 is 15.5 Å². The summed E-state index contributed by atoms with van der Waals surface area (Å²) in [6, 6.07) is 5.13. The molecule has 0 spiro atoms. The summed E-state index contributed by atoms with van der Waals surface area (Å²) in [6.07, 6.45) is -0.756. The van der Waals surface area contributed by atoms with Gasteiger partial charge in [-0.15, -0.1) is 0 Å². The third-order valence-electron chi connectivity index (χ3n) is 2.76. The highest BCUT2D eigenvalue weighted by molar-refractivity contribution is 6.06. The molecule has 0 atom stereocenters. The first-order chi connectivity index (χ1) is 9.70. The second-order valence-corrected chi connectivity index (χ2v) is 4.26. The summed E-state index contributed by atoms with van der Waals surface area (Å²) in [5, 5.41) is 31.1. The third-order valence-corrected chi connectivity index (χ3v) is 2.76. The van der Waals surface area contributed by atoms with E-state index in [-0.39, 0.29) is 5.56 Å². The summed E-state index contributed by atoms with van der Waals surface area (Å²) >= 11 is 0. The number of carboxylic acid groups (broad SMARTS) is 2. The Kier molecular flexibility index (Phi) is 4.59. The van der Waals surface area contributed by atoms with E-state index in [1.165, 1.54) is 18.2 Å². The normalized spacial score (nSPS) is 10.7. The second kappa shape index (κ2) is 5.99. The number of aliphatic carboxylic acids is 2. The molecule has 112 valence electrons. The number of nitrogens with one attached hydrogen (secondary N) is 1. The van der Waals surface area contributed by atoms with Crippen molar-refractivity contribution in [2.75, 3.05) is 0 Å². The van der Waals surface area contributed by atoms with Gasteiger partial charge in [-0.2, -0.15) is 0 Å². The molecular weight excluding hydrogens is 284 g/mol. The molecule has 0 aliphatic heterocycles. The molecule has 1 aromatic rings. The van der Waals surface area contributed by atoms with Crippen molar-refractivity contribution in [3.63, 3.8) is 0 Å². The molecule has 0 radical (unpaired) electrons. The molecule has 0 saturated carbocycles. The number of amides is 1. The molecule has 1 amide bonds. The van der Waals surface area contributed by atoms with Gasteiger partial charge in [-0.3, -0.25) is 14.9 Å². The zero-order chi connectivity index (χ0) is 16.2. The first-order valence-corrected chi connectivity index (χ1v) is 5.68. The van der Waals surface area contributed by atoms with Gasteiger partial charge in [-0.25, -0.2) is 9.59 Å². The second-order valence-electron chi connectivity index (χ2n) is 4.26. The SMILES string of the molecule is CC(=O)NC(Cc1ccccc1[N+](=O)[O-])(C(=O)O)C(=O)O. The molecule has 1 rings (SSSR count). The zero-order valence-corrected chi connectivity index (χ0v) is 10.9. The molecule has 0 heterocycles. The summed E-state index contributed by atoms with van der Waals surface area (Å²) in [5.41, 5.74) is -3.20. The van der Waals surface area contributed by atoms with Crippen LogP contribution in [0.2, 0.25) is 0 Å². The number of carbonyl (C=O) groups is 3. The van der Waals surface area contributed by atoms with E-state index in [1.807, 2.05) is 5.32 Å². The topological polar surface area (TPSA) is 147 Å². The highest BCUT2D eigenvalue weighted by atomic mass is 16.6. The summed E-state index contributed by atoms with van der Waals surface area (Å²) in [7, 11) is 0. The maximum atomic E-state index is 11.3. The number of benzene rings is 1. The van der Waals surface area contributed by atoms with E-state index in [2.05, 4.69) is 0 Å². The number of nitro benzene ring substituents is 1. The van der Waals surface area contributed by atoms with Crippen LogP contribution in [0.3, 0.4) is 0 Å². The Labute approximate surface area is 118 Å². The van der Waals surface area contributed by atoms with E-state index in [0.717, 1.165) is 13.0 Å². The summed E-state index contributed by atoms with van der Waals surface area (Å²) in [6.45, 7) is 0.958. The Morgan fingerprint density at radius 2 is 1.76 bits per heavy atom. The maximum absolute atomic E-state index is 11.3. The number of hydrogen-bond donors (Lipinski definition) is 3. The number of carbonyl (C=O) groups excluding carboxylic acids is 1. The first kappa shape index (κ1) is 16.1. The van der Waals surface area contributed by atoms with Crippen molar-refractivity contribution in [2.45, 2.75) is 18.9 Å². The van der Waals surface area contributed by atoms with Crippen molar-refractivity contribution in [1.82, 2.24) is 5.32 Å². The smallest absolute Gasteiger partial charge is 0.341 e. The maximum Gasteiger partial charge on any atom is 0.341 e. The number of nitrogens with zero attached hydrogens (tertiary/aromatic N) is 1. The van der Waals surface area contributed by atoms with Gasteiger partial charge in [0, 0.05) is 25.0 Å². The standard InChI is InChI=1S/C12H12N2O7/c1-7(15)13-12(10(16)17,11(18)19)6-8-4-2-3-5-9(8)14(20)21/h2-5H,6H2,1H3,(H,13,15)(H,16,17)(H,18,19). The van der Waals surface area contributed by atoms with Crippen LogP contribution >= 0.6 is 0 Å². The largest absolute Gasteiger partial charge is 0.479 e. The lowest BCUT2D eigenvalue weighted by atomic mass is 9.90. The average molecular weight is 296 g/mol. The van der Waals surface area contributed by atoms with E-state index in [1.54, 1.807) is 0 Å². The average Bonchev–Trinajstić information content (AvgIpc) is 2.37. The minimum atomic E-state index is -2.67. The molecule has 1 aromatic carbocycles. The van der Waals surface area contributed by atoms with Gasteiger partial charge in [-0.1, -0.05) is 18.2 Å². The molecular formula is C12H12N2O7. The van der Waals surface area contributed by atoms with Gasteiger partial charge in [0.15, 0.2) is 0 Å². The van der Waals surface area contributed by atoms with Crippen LogP contribution in [-0.4, -0.2) is 38.5 Å². The Balaban J connectivity index is 3.37. The molecule has 0 saturated heterocycles. The van der Waals surface area contributed by atoms with Gasteiger partial charge >= 0.3 is 11.9 Å². The van der Waals surface area contributed by atoms with E-state index < -0.39 is 40.4 Å². The predicted octanol–water partition coefficient (Wildman–Crippen LogP) is 0.181. The highest BCUT2D eigenvalue weighted by Crippen LogP contribution is 2.24. The molecule has 0 fully saturated rings. The predicted molar refractivity (Wildman–Crippen MR) is 68.6 cm³/mol. The number of para-hydroxylation sites is 1. The Morgan fingerprint density at radius 3 is 2.19 bits per heavy atom. The summed E-state index contributed by atoms with van der Waals surface area (Å²) in [5.74, 6) is -4.51. The van der Waals surface area contributed by atoms with E-state index >= 15 is 0 Å². The van der Waals surface area contributed by atoms with Gasteiger partial charge in [0.2, 0.25) is 11.4 Å². The molecule has 3 N–H and O–H groups in total. The van der Waals surface area contributed by atoms with E-state index in [0.29, 0.717) is 0 Å². The van der Waals surface area contributed by atoms with Crippen molar-refractivity contribution in [2.24, 2.45) is 0 Å².